The number of carbonyl (C=O) groups excluding carboxylic acids is 2. The van der Waals surface area contributed by atoms with E-state index in [1.54, 1.807) is 12.1 Å². The third kappa shape index (κ3) is 6.38. The number of nitrogens with one attached hydrogen (secondary N) is 2. The number of halogens is 2. The summed E-state index contributed by atoms with van der Waals surface area (Å²) >= 11 is 13.4. The summed E-state index contributed by atoms with van der Waals surface area (Å²) in [5, 5.41) is 15.8. The maximum atomic E-state index is 12.8. The zero-order chi connectivity index (χ0) is 27.4. The van der Waals surface area contributed by atoms with Gasteiger partial charge in [-0.1, -0.05) is 59.2 Å². The molecule has 0 bridgehead atoms. The average Bonchev–Trinajstić information content (AvgIpc) is 3.27. The van der Waals surface area contributed by atoms with E-state index in [0.29, 0.717) is 21.6 Å². The van der Waals surface area contributed by atoms with E-state index in [2.05, 4.69) is 20.8 Å². The lowest BCUT2D eigenvalue weighted by atomic mass is 10.1. The first-order valence-corrected chi connectivity index (χ1v) is 13.6. The number of hydrogen-bond acceptors (Lipinski definition) is 5. The largest absolute Gasteiger partial charge is 0.345 e. The molecule has 196 valence electrons. The maximum Gasteiger partial charge on any atom is 0.253 e. The Bertz CT molecular complexity index is 1520. The number of anilines is 1. The van der Waals surface area contributed by atoms with Crippen LogP contribution in [0.1, 0.15) is 38.4 Å². The summed E-state index contributed by atoms with van der Waals surface area (Å²) < 4.78 is 1.88. The number of benzene rings is 3. The van der Waals surface area contributed by atoms with E-state index in [1.807, 2.05) is 68.7 Å². The standard InChI is InChI=1S/C28H27Cl2N5O2S/c1-16-8-9-18(3)23(12-16)32-26(36)15-38-28-34-33-25(35(28)24-7-5-6-17(2)19(24)4)14-31-27(37)21-11-10-20(29)13-22(21)30/h5-13H,14-15H2,1-4H3,(H,31,37)(H,32,36). The van der Waals surface area contributed by atoms with Gasteiger partial charge in [0.25, 0.3) is 5.91 Å². The Morgan fingerprint density at radius 2 is 1.74 bits per heavy atom. The van der Waals surface area contributed by atoms with Crippen molar-refractivity contribution in [1.82, 2.24) is 20.1 Å². The van der Waals surface area contributed by atoms with Crippen LogP contribution in [0.3, 0.4) is 0 Å². The number of aryl methyl sites for hydroxylation is 3. The number of carbonyl (C=O) groups is 2. The second-order valence-corrected chi connectivity index (χ2v) is 10.7. The van der Waals surface area contributed by atoms with Gasteiger partial charge in [-0.25, -0.2) is 0 Å². The van der Waals surface area contributed by atoms with Gasteiger partial charge >= 0.3 is 0 Å². The summed E-state index contributed by atoms with van der Waals surface area (Å²) in [5.74, 6) is 0.161. The van der Waals surface area contributed by atoms with Crippen LogP contribution in [0, 0.1) is 27.7 Å². The first kappa shape index (κ1) is 27.7. The number of thioether (sulfide) groups is 1. The fraction of sp³-hybridized carbons (Fsp3) is 0.214. The number of amides is 2. The Morgan fingerprint density at radius 1 is 0.947 bits per heavy atom. The fourth-order valence-electron chi connectivity index (χ4n) is 3.84. The molecule has 38 heavy (non-hydrogen) atoms. The molecule has 2 N–H and O–H groups in total. The maximum absolute atomic E-state index is 12.8. The van der Waals surface area contributed by atoms with E-state index in [-0.39, 0.29) is 29.1 Å². The van der Waals surface area contributed by atoms with Crippen LogP contribution in [0.15, 0.2) is 59.8 Å². The predicted molar refractivity (Wildman–Crippen MR) is 154 cm³/mol. The zero-order valence-corrected chi connectivity index (χ0v) is 23.8. The second-order valence-electron chi connectivity index (χ2n) is 8.92. The zero-order valence-electron chi connectivity index (χ0n) is 21.4. The highest BCUT2D eigenvalue weighted by Crippen LogP contribution is 2.27. The van der Waals surface area contributed by atoms with Gasteiger partial charge in [-0.3, -0.25) is 14.2 Å². The van der Waals surface area contributed by atoms with Crippen molar-refractivity contribution in [3.63, 3.8) is 0 Å². The van der Waals surface area contributed by atoms with Crippen molar-refractivity contribution in [2.75, 3.05) is 11.1 Å². The molecule has 0 spiro atoms. The van der Waals surface area contributed by atoms with Gasteiger partial charge in [0.2, 0.25) is 5.91 Å². The molecule has 0 aliphatic rings. The monoisotopic (exact) mass is 567 g/mol. The van der Waals surface area contributed by atoms with E-state index >= 15 is 0 Å². The van der Waals surface area contributed by atoms with Crippen LogP contribution in [-0.2, 0) is 11.3 Å². The van der Waals surface area contributed by atoms with Crippen LogP contribution in [0.4, 0.5) is 5.69 Å². The van der Waals surface area contributed by atoms with E-state index in [4.69, 9.17) is 23.2 Å². The summed E-state index contributed by atoms with van der Waals surface area (Å²) in [6.07, 6.45) is 0. The molecule has 0 atom stereocenters. The van der Waals surface area contributed by atoms with E-state index in [9.17, 15) is 9.59 Å². The average molecular weight is 569 g/mol. The third-order valence-electron chi connectivity index (χ3n) is 6.10. The molecule has 4 rings (SSSR count). The molecule has 1 aromatic heterocycles. The molecule has 7 nitrogen and oxygen atoms in total. The minimum atomic E-state index is -0.357. The first-order chi connectivity index (χ1) is 18.1. The summed E-state index contributed by atoms with van der Waals surface area (Å²) in [4.78, 5) is 25.6. The van der Waals surface area contributed by atoms with E-state index in [1.165, 1.54) is 17.8 Å². The van der Waals surface area contributed by atoms with Crippen molar-refractivity contribution in [3.05, 3.63) is 98.3 Å². The van der Waals surface area contributed by atoms with Gasteiger partial charge in [-0.15, -0.1) is 10.2 Å². The van der Waals surface area contributed by atoms with Crippen molar-refractivity contribution < 1.29 is 9.59 Å². The molecule has 0 saturated carbocycles. The van der Waals surface area contributed by atoms with Crippen LogP contribution in [-0.4, -0.2) is 32.3 Å². The van der Waals surface area contributed by atoms with Crippen LogP contribution in [0.25, 0.3) is 5.69 Å². The lowest BCUT2D eigenvalue weighted by Gasteiger charge is -2.15. The Balaban J connectivity index is 1.56. The Hall–Kier alpha value is -3.33. The van der Waals surface area contributed by atoms with Crippen LogP contribution < -0.4 is 10.6 Å². The molecule has 3 aromatic carbocycles. The molecule has 0 fully saturated rings. The summed E-state index contributed by atoms with van der Waals surface area (Å²) in [7, 11) is 0. The summed E-state index contributed by atoms with van der Waals surface area (Å²) in [6, 6.07) is 16.6. The second kappa shape index (κ2) is 12.0. The first-order valence-electron chi connectivity index (χ1n) is 11.9. The smallest absolute Gasteiger partial charge is 0.253 e. The Labute approximate surface area is 236 Å². The molecular formula is C28H27Cl2N5O2S. The Morgan fingerprint density at radius 3 is 2.50 bits per heavy atom. The van der Waals surface area contributed by atoms with Crippen molar-refractivity contribution >= 4 is 52.5 Å². The molecule has 0 unspecified atom stereocenters. The van der Waals surface area contributed by atoms with Crippen LogP contribution in [0.5, 0.6) is 0 Å². The van der Waals surface area contributed by atoms with E-state index < -0.39 is 0 Å². The van der Waals surface area contributed by atoms with Crippen molar-refractivity contribution in [1.29, 1.82) is 0 Å². The van der Waals surface area contributed by atoms with Gasteiger partial charge in [-0.05, 0) is 80.3 Å². The topological polar surface area (TPSA) is 88.9 Å². The number of hydrogen-bond donors (Lipinski definition) is 2. The highest BCUT2D eigenvalue weighted by atomic mass is 35.5. The molecule has 0 aliphatic carbocycles. The molecule has 10 heteroatoms. The van der Waals surface area contributed by atoms with Crippen molar-refractivity contribution in [2.45, 2.75) is 39.4 Å². The summed E-state index contributed by atoms with van der Waals surface area (Å²) in [6.45, 7) is 8.09. The number of aromatic nitrogens is 3. The van der Waals surface area contributed by atoms with Crippen molar-refractivity contribution in [3.8, 4) is 5.69 Å². The molecule has 1 heterocycles. The minimum Gasteiger partial charge on any atom is -0.345 e. The quantitative estimate of drug-likeness (QED) is 0.238. The summed E-state index contributed by atoms with van der Waals surface area (Å²) in [5.41, 5.74) is 6.18. The SMILES string of the molecule is Cc1ccc(C)c(NC(=O)CSc2nnc(CNC(=O)c3ccc(Cl)cc3Cl)n2-c2cccc(C)c2C)c1. The number of rotatable bonds is 8. The van der Waals surface area contributed by atoms with Gasteiger partial charge in [-0.2, -0.15) is 0 Å². The molecular weight excluding hydrogens is 541 g/mol. The van der Waals surface area contributed by atoms with Gasteiger partial charge in [0.05, 0.1) is 28.6 Å². The van der Waals surface area contributed by atoms with E-state index in [0.717, 1.165) is 33.6 Å². The number of nitrogens with zero attached hydrogens (tertiary/aromatic N) is 3. The van der Waals surface area contributed by atoms with Crippen LogP contribution >= 0.6 is 35.0 Å². The van der Waals surface area contributed by atoms with Gasteiger partial charge in [0, 0.05) is 10.7 Å². The Kier molecular flexibility index (Phi) is 8.76. The normalized spacial score (nSPS) is 10.9. The van der Waals surface area contributed by atoms with Gasteiger partial charge in [0.1, 0.15) is 0 Å². The molecule has 2 amide bonds. The predicted octanol–water partition coefficient (Wildman–Crippen LogP) is 6.47. The highest BCUT2D eigenvalue weighted by molar-refractivity contribution is 7.99. The van der Waals surface area contributed by atoms with Gasteiger partial charge in [0.15, 0.2) is 11.0 Å². The molecule has 4 aromatic rings. The lowest BCUT2D eigenvalue weighted by molar-refractivity contribution is -0.113. The van der Waals surface area contributed by atoms with Crippen LogP contribution in [0.2, 0.25) is 10.0 Å². The lowest BCUT2D eigenvalue weighted by Crippen LogP contribution is -2.25. The highest BCUT2D eigenvalue weighted by Gasteiger charge is 2.19. The molecule has 0 aliphatic heterocycles. The third-order valence-corrected chi connectivity index (χ3v) is 7.58. The molecule has 0 saturated heterocycles. The fourth-order valence-corrected chi connectivity index (χ4v) is 5.10. The van der Waals surface area contributed by atoms with Crippen molar-refractivity contribution in [2.24, 2.45) is 0 Å². The minimum absolute atomic E-state index is 0.105. The van der Waals surface area contributed by atoms with Gasteiger partial charge < -0.3 is 10.6 Å². The molecule has 0 radical (unpaired) electrons.